The Morgan fingerprint density at radius 3 is 2.68 bits per heavy atom. The Kier molecular flexibility index (Phi) is 5.43. The molecule has 1 fully saturated rings. The van der Waals surface area contributed by atoms with Crippen LogP contribution in [0, 0.1) is 6.92 Å². The number of carbonyl (C=O) groups excluding carboxylic acids is 1. The molecular formula is C18H26N6O. The molecule has 3 rings (SSSR count). The Hall–Kier alpha value is -2.28. The lowest BCUT2D eigenvalue weighted by Gasteiger charge is -2.22. The van der Waals surface area contributed by atoms with Gasteiger partial charge in [-0.1, -0.05) is 0 Å². The molecule has 2 aromatic rings. The summed E-state index contributed by atoms with van der Waals surface area (Å²) in [5.74, 6) is 1.05. The second kappa shape index (κ2) is 7.74. The quantitative estimate of drug-likeness (QED) is 0.849. The van der Waals surface area contributed by atoms with Crippen LogP contribution in [0.3, 0.4) is 0 Å². The van der Waals surface area contributed by atoms with Crippen LogP contribution in [0.15, 0.2) is 24.8 Å². The van der Waals surface area contributed by atoms with Gasteiger partial charge in [-0.15, -0.1) is 0 Å². The summed E-state index contributed by atoms with van der Waals surface area (Å²) >= 11 is 0. The summed E-state index contributed by atoms with van der Waals surface area (Å²) in [7, 11) is 0. The summed E-state index contributed by atoms with van der Waals surface area (Å²) < 4.78 is 2.20. The fourth-order valence-corrected chi connectivity index (χ4v) is 3.13. The fourth-order valence-electron chi connectivity index (χ4n) is 3.13. The predicted molar refractivity (Wildman–Crippen MR) is 95.2 cm³/mol. The number of imidazole rings is 1. The zero-order valence-corrected chi connectivity index (χ0v) is 15.2. The predicted octanol–water partition coefficient (Wildman–Crippen LogP) is 1.91. The highest BCUT2D eigenvalue weighted by Gasteiger charge is 2.22. The smallest absolute Gasteiger partial charge is 0.274 e. The average molecular weight is 342 g/mol. The number of aryl methyl sites for hydroxylation is 1. The zero-order valence-electron chi connectivity index (χ0n) is 15.2. The van der Waals surface area contributed by atoms with Crippen molar-refractivity contribution in [2.24, 2.45) is 0 Å². The minimum atomic E-state index is -0.0296. The van der Waals surface area contributed by atoms with Gasteiger partial charge in [0.05, 0.1) is 18.4 Å². The van der Waals surface area contributed by atoms with Gasteiger partial charge in [0.1, 0.15) is 11.5 Å². The second-order valence-electron chi connectivity index (χ2n) is 6.81. The highest BCUT2D eigenvalue weighted by Crippen LogP contribution is 2.13. The molecule has 0 aliphatic carbocycles. The van der Waals surface area contributed by atoms with Crippen LogP contribution in [0.5, 0.6) is 0 Å². The molecule has 3 heterocycles. The number of hydrogen-bond donors (Lipinski definition) is 0. The standard InChI is InChI=1S/C18H26N6O/c1-14(2)24-8-5-19-17(24)13-22-6-4-7-23(10-9-22)18(25)16-12-20-15(3)11-21-16/h5,8,11-12,14H,4,6-7,9-10,13H2,1-3H3. The normalized spacial score (nSPS) is 16.2. The van der Waals surface area contributed by atoms with Crippen LogP contribution in [0.25, 0.3) is 0 Å². The zero-order chi connectivity index (χ0) is 17.8. The van der Waals surface area contributed by atoms with Crippen molar-refractivity contribution in [1.82, 2.24) is 29.3 Å². The third-order valence-electron chi connectivity index (χ3n) is 4.55. The molecular weight excluding hydrogens is 316 g/mol. The molecule has 0 spiro atoms. The largest absolute Gasteiger partial charge is 0.336 e. The Labute approximate surface area is 148 Å². The number of carbonyl (C=O) groups is 1. The topological polar surface area (TPSA) is 67.2 Å². The van der Waals surface area contributed by atoms with E-state index in [0.29, 0.717) is 18.3 Å². The number of aromatic nitrogens is 4. The maximum Gasteiger partial charge on any atom is 0.274 e. The van der Waals surface area contributed by atoms with E-state index in [9.17, 15) is 4.79 Å². The summed E-state index contributed by atoms with van der Waals surface area (Å²) in [6, 6.07) is 0.405. The van der Waals surface area contributed by atoms with Gasteiger partial charge in [0.25, 0.3) is 5.91 Å². The lowest BCUT2D eigenvalue weighted by atomic mass is 10.3. The molecule has 1 amide bonds. The molecule has 0 atom stereocenters. The molecule has 0 aromatic carbocycles. The van der Waals surface area contributed by atoms with Crippen molar-refractivity contribution in [1.29, 1.82) is 0 Å². The molecule has 0 bridgehead atoms. The molecule has 7 nitrogen and oxygen atoms in total. The third kappa shape index (κ3) is 4.22. The third-order valence-corrected chi connectivity index (χ3v) is 4.55. The van der Waals surface area contributed by atoms with Crippen LogP contribution in [-0.4, -0.2) is 61.4 Å². The molecule has 134 valence electrons. The molecule has 1 saturated heterocycles. The molecule has 1 aliphatic rings. The average Bonchev–Trinajstić information content (AvgIpc) is 2.93. The van der Waals surface area contributed by atoms with Crippen LogP contribution in [0.4, 0.5) is 0 Å². The van der Waals surface area contributed by atoms with E-state index in [-0.39, 0.29) is 5.91 Å². The van der Waals surface area contributed by atoms with Crippen molar-refractivity contribution in [3.8, 4) is 0 Å². The van der Waals surface area contributed by atoms with Crippen molar-refractivity contribution < 1.29 is 4.79 Å². The molecule has 0 saturated carbocycles. The number of rotatable bonds is 4. The monoisotopic (exact) mass is 342 g/mol. The number of amides is 1. The summed E-state index contributed by atoms with van der Waals surface area (Å²) in [5.41, 5.74) is 1.24. The minimum Gasteiger partial charge on any atom is -0.336 e. The molecule has 7 heteroatoms. The van der Waals surface area contributed by atoms with Crippen LogP contribution >= 0.6 is 0 Å². The summed E-state index contributed by atoms with van der Waals surface area (Å²) in [5, 5.41) is 0. The van der Waals surface area contributed by atoms with Gasteiger partial charge in [-0.3, -0.25) is 14.7 Å². The maximum atomic E-state index is 12.6. The molecule has 2 aromatic heterocycles. The Bertz CT molecular complexity index is 709. The van der Waals surface area contributed by atoms with Crippen LogP contribution in [0.2, 0.25) is 0 Å². The van der Waals surface area contributed by atoms with Gasteiger partial charge in [0, 0.05) is 50.8 Å². The first-order valence-corrected chi connectivity index (χ1v) is 8.86. The van der Waals surface area contributed by atoms with Gasteiger partial charge < -0.3 is 9.47 Å². The van der Waals surface area contributed by atoms with Crippen LogP contribution in [-0.2, 0) is 6.54 Å². The Morgan fingerprint density at radius 1 is 1.12 bits per heavy atom. The summed E-state index contributed by atoms with van der Waals surface area (Å²) in [6.45, 7) is 10.3. The maximum absolute atomic E-state index is 12.6. The lowest BCUT2D eigenvalue weighted by molar-refractivity contribution is 0.0754. The van der Waals surface area contributed by atoms with E-state index in [1.165, 1.54) is 0 Å². The first-order valence-electron chi connectivity index (χ1n) is 8.86. The molecule has 25 heavy (non-hydrogen) atoms. The van der Waals surface area contributed by atoms with Crippen molar-refractivity contribution in [2.75, 3.05) is 26.2 Å². The Morgan fingerprint density at radius 2 is 1.96 bits per heavy atom. The van der Waals surface area contributed by atoms with Gasteiger partial charge in [-0.25, -0.2) is 9.97 Å². The highest BCUT2D eigenvalue weighted by molar-refractivity contribution is 5.92. The van der Waals surface area contributed by atoms with Gasteiger partial charge in [0.15, 0.2) is 0 Å². The SMILES string of the molecule is Cc1cnc(C(=O)N2CCCN(Cc3nccn3C(C)C)CC2)cn1. The number of hydrogen-bond acceptors (Lipinski definition) is 5. The van der Waals surface area contributed by atoms with Crippen molar-refractivity contribution in [2.45, 2.75) is 39.8 Å². The molecule has 0 unspecified atom stereocenters. The first-order chi connectivity index (χ1) is 12.0. The first kappa shape index (κ1) is 17.5. The van der Waals surface area contributed by atoms with Crippen molar-refractivity contribution in [3.63, 3.8) is 0 Å². The van der Waals surface area contributed by atoms with Gasteiger partial charge in [0.2, 0.25) is 0 Å². The van der Waals surface area contributed by atoms with E-state index in [4.69, 9.17) is 0 Å². The fraction of sp³-hybridized carbons (Fsp3) is 0.556. The molecule has 0 radical (unpaired) electrons. The van der Waals surface area contributed by atoms with E-state index in [1.807, 2.05) is 24.2 Å². The van der Waals surface area contributed by atoms with E-state index in [0.717, 1.165) is 44.1 Å². The van der Waals surface area contributed by atoms with Crippen LogP contribution < -0.4 is 0 Å². The van der Waals surface area contributed by atoms with Crippen molar-refractivity contribution in [3.05, 3.63) is 42.0 Å². The summed E-state index contributed by atoms with van der Waals surface area (Å²) in [4.78, 5) is 29.8. The summed E-state index contributed by atoms with van der Waals surface area (Å²) in [6.07, 6.45) is 8.05. The van der Waals surface area contributed by atoms with Gasteiger partial charge in [-0.05, 0) is 27.2 Å². The Balaban J connectivity index is 1.61. The van der Waals surface area contributed by atoms with Gasteiger partial charge in [-0.2, -0.15) is 0 Å². The highest BCUT2D eigenvalue weighted by atomic mass is 16.2. The minimum absolute atomic E-state index is 0.0296. The molecule has 1 aliphatic heterocycles. The van der Waals surface area contributed by atoms with E-state index >= 15 is 0 Å². The second-order valence-corrected chi connectivity index (χ2v) is 6.81. The molecule has 0 N–H and O–H groups in total. The number of nitrogens with zero attached hydrogens (tertiary/aromatic N) is 6. The van der Waals surface area contributed by atoms with Crippen LogP contribution in [0.1, 0.15) is 48.3 Å². The lowest BCUT2D eigenvalue weighted by Crippen LogP contribution is -2.35. The van der Waals surface area contributed by atoms with Crippen molar-refractivity contribution >= 4 is 5.91 Å². The van der Waals surface area contributed by atoms with E-state index in [2.05, 4.69) is 38.3 Å². The van der Waals surface area contributed by atoms with E-state index in [1.54, 1.807) is 12.4 Å². The van der Waals surface area contributed by atoms with Gasteiger partial charge >= 0.3 is 0 Å². The van der Waals surface area contributed by atoms with E-state index < -0.39 is 0 Å².